The molecule has 0 radical (unpaired) electrons. The van der Waals surface area contributed by atoms with Crippen LogP contribution in [0, 0.1) is 6.92 Å². The van der Waals surface area contributed by atoms with Gasteiger partial charge in [0.05, 0.1) is 11.4 Å². The number of likely N-dealkylation sites (tertiary alicyclic amines) is 1. The van der Waals surface area contributed by atoms with E-state index in [1.165, 1.54) is 41.7 Å². The van der Waals surface area contributed by atoms with Crippen LogP contribution in [-0.2, 0) is 13.1 Å². The van der Waals surface area contributed by atoms with Crippen molar-refractivity contribution in [1.82, 2.24) is 14.5 Å². The molecule has 0 spiro atoms. The van der Waals surface area contributed by atoms with Gasteiger partial charge in [-0.3, -0.25) is 4.90 Å². The molecule has 1 fully saturated rings. The molecular formula is C36H53N3O2. The summed E-state index contributed by atoms with van der Waals surface area (Å²) in [5, 5.41) is 9.23. The Hall–Kier alpha value is -3.15. The summed E-state index contributed by atoms with van der Waals surface area (Å²) in [5.74, 6) is 1.89. The summed E-state index contributed by atoms with van der Waals surface area (Å²) >= 11 is 0. The largest absolute Gasteiger partial charge is 0.468 e. The number of ether oxygens (including phenoxy) is 1. The van der Waals surface area contributed by atoms with Crippen LogP contribution in [0.15, 0.2) is 79.5 Å². The molecule has 1 unspecified atom stereocenters. The van der Waals surface area contributed by atoms with Gasteiger partial charge in [0.25, 0.3) is 0 Å². The second kappa shape index (κ2) is 19.1. The first kappa shape index (κ1) is 34.1. The third-order valence-electron chi connectivity index (χ3n) is 7.57. The number of hydrogen-bond acceptors (Lipinski definition) is 4. The Morgan fingerprint density at radius 3 is 2.49 bits per heavy atom. The van der Waals surface area contributed by atoms with Crippen LogP contribution in [0.2, 0.25) is 0 Å². The molecule has 1 aliphatic rings. The number of aromatic nitrogens is 2. The third-order valence-corrected chi connectivity index (χ3v) is 7.57. The fourth-order valence-electron chi connectivity index (χ4n) is 5.65. The maximum Gasteiger partial charge on any atom is 0.186 e. The van der Waals surface area contributed by atoms with Gasteiger partial charge in [-0.2, -0.15) is 0 Å². The molecular weight excluding hydrogens is 506 g/mol. The van der Waals surface area contributed by atoms with Crippen LogP contribution in [0.5, 0.6) is 5.75 Å². The van der Waals surface area contributed by atoms with Crippen molar-refractivity contribution < 1.29 is 9.84 Å². The first-order valence-electron chi connectivity index (χ1n) is 15.4. The molecule has 1 saturated heterocycles. The van der Waals surface area contributed by atoms with Gasteiger partial charge in [0.15, 0.2) is 6.79 Å². The molecule has 0 bridgehead atoms. The fraction of sp³-hybridized carbons (Fsp3) is 0.472. The number of aryl methyl sites for hydroxylation is 1. The summed E-state index contributed by atoms with van der Waals surface area (Å²) in [4.78, 5) is 7.81. The van der Waals surface area contributed by atoms with Gasteiger partial charge >= 0.3 is 0 Å². The number of aliphatic hydroxyl groups excluding tert-OH is 1. The van der Waals surface area contributed by atoms with Gasteiger partial charge in [0, 0.05) is 19.1 Å². The molecule has 5 nitrogen and oxygen atoms in total. The molecule has 1 aromatic carbocycles. The van der Waals surface area contributed by atoms with E-state index in [-0.39, 0.29) is 6.79 Å². The van der Waals surface area contributed by atoms with Crippen molar-refractivity contribution >= 4 is 5.57 Å². The molecule has 1 N–H and O–H groups in total. The molecule has 1 atom stereocenters. The van der Waals surface area contributed by atoms with Crippen molar-refractivity contribution in [2.24, 2.45) is 0 Å². The van der Waals surface area contributed by atoms with E-state index >= 15 is 0 Å². The van der Waals surface area contributed by atoms with E-state index < -0.39 is 0 Å². The van der Waals surface area contributed by atoms with Crippen molar-refractivity contribution in [3.63, 3.8) is 0 Å². The lowest BCUT2D eigenvalue weighted by Gasteiger charge is -2.31. The minimum Gasteiger partial charge on any atom is -0.468 e. The zero-order chi connectivity index (χ0) is 30.0. The van der Waals surface area contributed by atoms with Crippen LogP contribution in [0.25, 0.3) is 5.57 Å². The molecule has 5 heteroatoms. The minimum absolute atomic E-state index is 0.296. The Morgan fingerprint density at radius 2 is 1.88 bits per heavy atom. The zero-order valence-corrected chi connectivity index (χ0v) is 26.2. The summed E-state index contributed by atoms with van der Waals surface area (Å²) < 4.78 is 7.86. The second-order valence-corrected chi connectivity index (χ2v) is 10.4. The van der Waals surface area contributed by atoms with E-state index in [9.17, 15) is 5.11 Å². The maximum absolute atomic E-state index is 9.23. The monoisotopic (exact) mass is 559 g/mol. The molecule has 2 heterocycles. The third kappa shape index (κ3) is 10.0. The van der Waals surface area contributed by atoms with Gasteiger partial charge in [-0.1, -0.05) is 94.9 Å². The molecule has 0 aliphatic carbocycles. The first-order valence-corrected chi connectivity index (χ1v) is 15.4. The van der Waals surface area contributed by atoms with Crippen LogP contribution < -0.4 is 4.74 Å². The second-order valence-electron chi connectivity index (χ2n) is 10.4. The van der Waals surface area contributed by atoms with E-state index in [0.717, 1.165) is 62.6 Å². The predicted octanol–water partition coefficient (Wildman–Crippen LogP) is 9.11. The van der Waals surface area contributed by atoms with Gasteiger partial charge in [0.2, 0.25) is 0 Å². The van der Waals surface area contributed by atoms with Crippen molar-refractivity contribution in [1.29, 1.82) is 0 Å². The minimum atomic E-state index is -0.296. The van der Waals surface area contributed by atoms with E-state index in [4.69, 9.17) is 9.72 Å². The SMILES string of the molecule is C/C=C\C(CC)=C(/CCC)c1nc(C)c(CN2CCCCCC2c2cccc(OCO)c2)n1CC.C=C/C=C\C=C. The zero-order valence-electron chi connectivity index (χ0n) is 26.2. The standard InChI is InChI=1S/C30H45N3O2.C6H8/c1-6-14-24(8-3)27(15-7-2)30-31-23(5)29(33(30)9-4)21-32-19-12-10-11-18-28(32)25-16-13-17-26(20-25)35-22-34;1-3-5-6-4-2/h6,13-14,16-17,20,28,34H,7-12,15,18-19,21-22H2,1-5H3;3-6H,1-2H2/b14-6-,27-24+;6-5-. The Bertz CT molecular complexity index is 1160. The average Bonchev–Trinajstić information content (AvgIpc) is 3.12. The van der Waals surface area contributed by atoms with Gasteiger partial charge in [-0.05, 0) is 81.8 Å². The predicted molar refractivity (Wildman–Crippen MR) is 175 cm³/mol. The molecule has 0 saturated carbocycles. The van der Waals surface area contributed by atoms with Crippen molar-refractivity contribution in [2.45, 2.75) is 98.7 Å². The molecule has 0 amide bonds. The smallest absolute Gasteiger partial charge is 0.186 e. The molecule has 1 aliphatic heterocycles. The summed E-state index contributed by atoms with van der Waals surface area (Å²) in [6.45, 7) is 20.6. The van der Waals surface area contributed by atoms with Gasteiger partial charge in [-0.15, -0.1) is 0 Å². The number of aliphatic hydroxyl groups is 1. The first-order chi connectivity index (χ1) is 20.0. The van der Waals surface area contributed by atoms with Crippen molar-refractivity contribution in [2.75, 3.05) is 13.3 Å². The molecule has 224 valence electrons. The summed E-state index contributed by atoms with van der Waals surface area (Å²) in [5.41, 5.74) is 6.54. The Kier molecular flexibility index (Phi) is 15.8. The molecule has 3 rings (SSSR count). The lowest BCUT2D eigenvalue weighted by Crippen LogP contribution is -2.29. The summed E-state index contributed by atoms with van der Waals surface area (Å²) in [6, 6.07) is 8.60. The quantitative estimate of drug-likeness (QED) is 0.196. The molecule has 1 aromatic heterocycles. The van der Waals surface area contributed by atoms with Crippen LogP contribution >= 0.6 is 0 Å². The number of rotatable bonds is 13. The van der Waals surface area contributed by atoms with E-state index in [2.05, 4.69) is 81.5 Å². The van der Waals surface area contributed by atoms with Gasteiger partial charge < -0.3 is 14.4 Å². The van der Waals surface area contributed by atoms with E-state index in [0.29, 0.717) is 6.04 Å². The van der Waals surface area contributed by atoms with E-state index in [1.807, 2.05) is 24.3 Å². The maximum atomic E-state index is 9.23. The highest BCUT2D eigenvalue weighted by molar-refractivity contribution is 5.67. The lowest BCUT2D eigenvalue weighted by atomic mass is 10.00. The fourth-order valence-corrected chi connectivity index (χ4v) is 5.65. The molecule has 41 heavy (non-hydrogen) atoms. The Labute approximate surface area is 249 Å². The van der Waals surface area contributed by atoms with Gasteiger partial charge in [0.1, 0.15) is 11.6 Å². The van der Waals surface area contributed by atoms with Crippen LogP contribution in [0.1, 0.15) is 101 Å². The Morgan fingerprint density at radius 1 is 1.12 bits per heavy atom. The van der Waals surface area contributed by atoms with Crippen molar-refractivity contribution in [3.8, 4) is 5.75 Å². The number of hydrogen-bond donors (Lipinski definition) is 1. The number of nitrogens with zero attached hydrogens (tertiary/aromatic N) is 3. The van der Waals surface area contributed by atoms with E-state index in [1.54, 1.807) is 12.2 Å². The highest BCUT2D eigenvalue weighted by Gasteiger charge is 2.26. The van der Waals surface area contributed by atoms with Crippen LogP contribution in [-0.4, -0.2) is 32.9 Å². The van der Waals surface area contributed by atoms with Crippen molar-refractivity contribution in [3.05, 3.63) is 102 Å². The highest BCUT2D eigenvalue weighted by Crippen LogP contribution is 2.35. The molecule has 2 aromatic rings. The highest BCUT2D eigenvalue weighted by atomic mass is 16.6. The Balaban J connectivity index is 0.000000883. The average molecular weight is 560 g/mol. The topological polar surface area (TPSA) is 50.5 Å². The summed E-state index contributed by atoms with van der Waals surface area (Å²) in [7, 11) is 0. The number of imidazole rings is 1. The summed E-state index contributed by atoms with van der Waals surface area (Å²) in [6.07, 6.45) is 19.5. The normalized spacial score (nSPS) is 16.7. The van der Waals surface area contributed by atoms with Crippen LogP contribution in [0.3, 0.4) is 0 Å². The number of benzene rings is 1. The van der Waals surface area contributed by atoms with Crippen LogP contribution in [0.4, 0.5) is 0 Å². The van der Waals surface area contributed by atoms with Gasteiger partial charge in [-0.25, -0.2) is 4.98 Å². The number of allylic oxidation sites excluding steroid dienone is 8. The lowest BCUT2D eigenvalue weighted by molar-refractivity contribution is 0.0981.